The highest BCUT2D eigenvalue weighted by Crippen LogP contribution is 2.32. The molecule has 2 N–H and O–H groups in total. The minimum absolute atomic E-state index is 0.267. The Hall–Kier alpha value is -3.25. The average molecular weight is 388 g/mol. The van der Waals surface area contributed by atoms with E-state index in [1.807, 2.05) is 37.5 Å². The molecule has 0 amide bonds. The van der Waals surface area contributed by atoms with Gasteiger partial charge in [0.15, 0.2) is 0 Å². The summed E-state index contributed by atoms with van der Waals surface area (Å²) in [5, 5.41) is 12.5. The Bertz CT molecular complexity index is 1000. The minimum atomic E-state index is -0.908. The van der Waals surface area contributed by atoms with Crippen molar-refractivity contribution in [3.8, 4) is 11.1 Å². The Kier molecular flexibility index (Phi) is 5.53. The smallest absolute Gasteiger partial charge is 0.336 e. The number of hydrogen-bond acceptors (Lipinski definition) is 5. The molecule has 3 aromatic rings. The van der Waals surface area contributed by atoms with Gasteiger partial charge in [0, 0.05) is 13.6 Å². The molecule has 0 bridgehead atoms. The van der Waals surface area contributed by atoms with E-state index in [1.165, 1.54) is 5.56 Å². The Morgan fingerprint density at radius 2 is 1.97 bits per heavy atom. The molecule has 148 valence electrons. The summed E-state index contributed by atoms with van der Waals surface area (Å²) in [4.78, 5) is 22.9. The van der Waals surface area contributed by atoms with Gasteiger partial charge in [-0.2, -0.15) is 0 Å². The average Bonchev–Trinajstić information content (AvgIpc) is 3.22. The first kappa shape index (κ1) is 19.1. The quantitative estimate of drug-likeness (QED) is 0.658. The molecular weight excluding hydrogens is 364 g/mol. The monoisotopic (exact) mass is 388 g/mol. The molecule has 1 saturated heterocycles. The molecule has 0 aliphatic carbocycles. The van der Waals surface area contributed by atoms with E-state index in [-0.39, 0.29) is 6.04 Å². The fraction of sp³-hybridized carbons (Fsp3) is 0.261. The summed E-state index contributed by atoms with van der Waals surface area (Å²) in [5.74, 6) is -0.120. The van der Waals surface area contributed by atoms with Crippen LogP contribution in [-0.4, -0.2) is 39.5 Å². The van der Waals surface area contributed by atoms with Gasteiger partial charge in [-0.15, -0.1) is 0 Å². The number of likely N-dealkylation sites (tertiary alicyclic amines) is 1. The van der Waals surface area contributed by atoms with E-state index in [0.29, 0.717) is 5.56 Å². The van der Waals surface area contributed by atoms with Crippen LogP contribution in [0.2, 0.25) is 0 Å². The zero-order valence-corrected chi connectivity index (χ0v) is 16.4. The number of carbonyl (C=O) groups is 1. The van der Waals surface area contributed by atoms with Gasteiger partial charge in [0.1, 0.15) is 5.82 Å². The third kappa shape index (κ3) is 4.12. The Labute approximate surface area is 170 Å². The van der Waals surface area contributed by atoms with E-state index >= 15 is 0 Å². The number of nitrogens with one attached hydrogen (secondary N) is 1. The molecule has 1 atom stereocenters. The third-order valence-electron chi connectivity index (χ3n) is 5.42. The topological polar surface area (TPSA) is 78.4 Å². The molecule has 6 nitrogen and oxygen atoms in total. The second-order valence-corrected chi connectivity index (χ2v) is 7.26. The van der Waals surface area contributed by atoms with E-state index in [9.17, 15) is 9.90 Å². The lowest BCUT2D eigenvalue weighted by molar-refractivity contribution is 0.0697. The molecule has 0 saturated carbocycles. The highest BCUT2D eigenvalue weighted by atomic mass is 16.4. The number of hydrogen-bond donors (Lipinski definition) is 2. The van der Waals surface area contributed by atoms with Crippen molar-refractivity contribution in [3.05, 3.63) is 77.7 Å². The summed E-state index contributed by atoms with van der Waals surface area (Å²) >= 11 is 0. The number of rotatable bonds is 6. The molecule has 1 aliphatic heterocycles. The zero-order valence-electron chi connectivity index (χ0n) is 16.4. The van der Waals surface area contributed by atoms with Gasteiger partial charge in [-0.05, 0) is 42.1 Å². The van der Waals surface area contributed by atoms with Gasteiger partial charge in [-0.25, -0.2) is 9.78 Å². The maximum atomic E-state index is 11.5. The van der Waals surface area contributed by atoms with Crippen LogP contribution in [0.5, 0.6) is 0 Å². The number of carboxylic acid groups (broad SMARTS) is 1. The molecule has 29 heavy (non-hydrogen) atoms. The second kappa shape index (κ2) is 8.41. The van der Waals surface area contributed by atoms with Crippen LogP contribution in [0.15, 0.2) is 60.9 Å². The molecule has 6 heteroatoms. The van der Waals surface area contributed by atoms with Gasteiger partial charge >= 0.3 is 5.97 Å². The highest BCUT2D eigenvalue weighted by Gasteiger charge is 2.27. The minimum Gasteiger partial charge on any atom is -0.478 e. The lowest BCUT2D eigenvalue weighted by Crippen LogP contribution is -2.23. The molecule has 1 aliphatic rings. The predicted molar refractivity (Wildman–Crippen MR) is 113 cm³/mol. The summed E-state index contributed by atoms with van der Waals surface area (Å²) in [6, 6.07) is 15.5. The van der Waals surface area contributed by atoms with Gasteiger partial charge < -0.3 is 10.4 Å². The molecule has 1 fully saturated rings. The fourth-order valence-electron chi connectivity index (χ4n) is 3.96. The molecule has 4 rings (SSSR count). The summed E-state index contributed by atoms with van der Waals surface area (Å²) in [7, 11) is 1.85. The summed E-state index contributed by atoms with van der Waals surface area (Å²) < 4.78 is 0. The van der Waals surface area contributed by atoms with Crippen LogP contribution >= 0.6 is 0 Å². The van der Waals surface area contributed by atoms with E-state index in [2.05, 4.69) is 32.3 Å². The first-order chi connectivity index (χ1) is 14.2. The predicted octanol–water partition coefficient (Wildman–Crippen LogP) is 4.22. The number of aromatic nitrogens is 2. The van der Waals surface area contributed by atoms with Crippen molar-refractivity contribution in [2.75, 3.05) is 18.9 Å². The Morgan fingerprint density at radius 3 is 2.72 bits per heavy atom. The third-order valence-corrected chi connectivity index (χ3v) is 5.42. The van der Waals surface area contributed by atoms with Gasteiger partial charge in [-0.1, -0.05) is 42.5 Å². The lowest BCUT2D eigenvalue weighted by Gasteiger charge is -2.24. The number of benzene rings is 2. The molecule has 1 aromatic heterocycles. The van der Waals surface area contributed by atoms with Crippen LogP contribution in [0.4, 0.5) is 5.82 Å². The molecule has 0 radical (unpaired) electrons. The maximum Gasteiger partial charge on any atom is 0.336 e. The van der Waals surface area contributed by atoms with E-state index in [4.69, 9.17) is 0 Å². The van der Waals surface area contributed by atoms with Crippen molar-refractivity contribution in [2.24, 2.45) is 0 Å². The first-order valence-corrected chi connectivity index (χ1v) is 9.81. The largest absolute Gasteiger partial charge is 0.478 e. The maximum absolute atomic E-state index is 11.5. The summed E-state index contributed by atoms with van der Waals surface area (Å²) in [5.41, 5.74) is 4.18. The molecule has 0 unspecified atom stereocenters. The van der Waals surface area contributed by atoms with Crippen molar-refractivity contribution in [3.63, 3.8) is 0 Å². The normalized spacial score (nSPS) is 16.7. The summed E-state index contributed by atoms with van der Waals surface area (Å²) in [6.07, 6.45) is 5.80. The van der Waals surface area contributed by atoms with Crippen LogP contribution in [-0.2, 0) is 6.54 Å². The van der Waals surface area contributed by atoms with Crippen molar-refractivity contribution < 1.29 is 9.90 Å². The van der Waals surface area contributed by atoms with Gasteiger partial charge in [0.05, 0.1) is 29.7 Å². The lowest BCUT2D eigenvalue weighted by atomic mass is 9.98. The van der Waals surface area contributed by atoms with Crippen LogP contribution in [0.3, 0.4) is 0 Å². The van der Waals surface area contributed by atoms with Crippen LogP contribution in [0.25, 0.3) is 11.1 Å². The number of anilines is 1. The molecule has 0 spiro atoms. The first-order valence-electron chi connectivity index (χ1n) is 9.81. The molecular formula is C23H24N4O2. The van der Waals surface area contributed by atoms with Gasteiger partial charge in [0.2, 0.25) is 0 Å². The number of aromatic carboxylic acids is 1. The van der Waals surface area contributed by atoms with Gasteiger partial charge in [0.25, 0.3) is 0 Å². The SMILES string of the molecule is CNc1cncc([C@H]2CCCN2Cc2ccc(-c3ccccc3C(=O)O)cc2)n1. The number of carboxylic acids is 1. The van der Waals surface area contributed by atoms with Crippen LogP contribution in [0.1, 0.15) is 40.5 Å². The van der Waals surface area contributed by atoms with E-state index in [1.54, 1.807) is 18.3 Å². The van der Waals surface area contributed by atoms with Crippen molar-refractivity contribution >= 4 is 11.8 Å². The van der Waals surface area contributed by atoms with Crippen LogP contribution in [0, 0.1) is 0 Å². The molecule has 2 heterocycles. The van der Waals surface area contributed by atoms with Crippen molar-refractivity contribution in [2.45, 2.75) is 25.4 Å². The number of nitrogens with zero attached hydrogens (tertiary/aromatic N) is 3. The van der Waals surface area contributed by atoms with Gasteiger partial charge in [-0.3, -0.25) is 9.88 Å². The van der Waals surface area contributed by atoms with Crippen LogP contribution < -0.4 is 5.32 Å². The Morgan fingerprint density at radius 1 is 1.17 bits per heavy atom. The fourth-order valence-corrected chi connectivity index (χ4v) is 3.96. The summed E-state index contributed by atoms with van der Waals surface area (Å²) in [6.45, 7) is 1.86. The van der Waals surface area contributed by atoms with Crippen molar-refractivity contribution in [1.29, 1.82) is 0 Å². The van der Waals surface area contributed by atoms with E-state index < -0.39 is 5.97 Å². The van der Waals surface area contributed by atoms with Crippen molar-refractivity contribution in [1.82, 2.24) is 14.9 Å². The standard InChI is InChI=1S/C23H24N4O2/c1-24-22-14-25-13-20(26-22)21-7-4-12-27(21)15-16-8-10-17(11-9-16)18-5-2-3-6-19(18)23(28)29/h2-3,5-6,8-11,13-14,21H,4,7,12,15H2,1H3,(H,24,26)(H,28,29)/t21-/m1/s1. The highest BCUT2D eigenvalue weighted by molar-refractivity contribution is 5.95. The Balaban J connectivity index is 1.52. The molecule has 2 aromatic carbocycles. The zero-order chi connectivity index (χ0) is 20.2. The van der Waals surface area contributed by atoms with E-state index in [0.717, 1.165) is 48.6 Å². The second-order valence-electron chi connectivity index (χ2n) is 7.26.